The zero-order chi connectivity index (χ0) is 9.53. The molecule has 0 aromatic rings. The van der Waals surface area contributed by atoms with Crippen LogP contribution in [0.3, 0.4) is 0 Å². The quantitative estimate of drug-likeness (QED) is 0.646. The average molecular weight is 225 g/mol. The zero-order valence-electron chi connectivity index (χ0n) is 7.29. The van der Waals surface area contributed by atoms with Crippen LogP contribution in [0.15, 0.2) is 0 Å². The van der Waals surface area contributed by atoms with E-state index in [-0.39, 0.29) is 0 Å². The van der Waals surface area contributed by atoms with Gasteiger partial charge in [0.15, 0.2) is 0 Å². The molecule has 2 aliphatic heterocycles. The van der Waals surface area contributed by atoms with Crippen molar-refractivity contribution < 1.29 is 8.42 Å². The lowest BCUT2D eigenvalue weighted by Crippen LogP contribution is -2.58. The van der Waals surface area contributed by atoms with Crippen LogP contribution in [0.2, 0.25) is 0 Å². The molecule has 2 saturated heterocycles. The lowest BCUT2D eigenvalue weighted by atomic mass is 9.74. The molecule has 2 heterocycles. The van der Waals surface area contributed by atoms with Crippen molar-refractivity contribution in [1.82, 2.24) is 9.62 Å². The largest absolute Gasteiger partial charge is 0.316 e. The Morgan fingerprint density at radius 1 is 1.23 bits per heavy atom. The molecule has 0 aromatic carbocycles. The monoisotopic (exact) mass is 224 g/mol. The summed E-state index contributed by atoms with van der Waals surface area (Å²) in [5.41, 5.74) is 0.373. The molecule has 0 radical (unpaired) electrons. The first kappa shape index (κ1) is 9.71. The predicted molar refractivity (Wildman–Crippen MR) is 50.9 cm³/mol. The van der Waals surface area contributed by atoms with Crippen LogP contribution in [0, 0.1) is 5.41 Å². The van der Waals surface area contributed by atoms with Crippen molar-refractivity contribution in [2.75, 3.05) is 26.2 Å². The highest BCUT2D eigenvalue weighted by atomic mass is 35.7. The molecule has 2 aliphatic rings. The highest BCUT2D eigenvalue weighted by Crippen LogP contribution is 2.35. The third-order valence-corrected chi connectivity index (χ3v) is 4.66. The van der Waals surface area contributed by atoms with Gasteiger partial charge in [-0.05, 0) is 18.3 Å². The van der Waals surface area contributed by atoms with E-state index >= 15 is 0 Å². The van der Waals surface area contributed by atoms with Gasteiger partial charge in [-0.1, -0.05) is 0 Å². The maximum absolute atomic E-state index is 11.0. The van der Waals surface area contributed by atoms with Crippen molar-refractivity contribution in [1.29, 1.82) is 0 Å². The summed E-state index contributed by atoms with van der Waals surface area (Å²) in [6.07, 6.45) is 1.87. The van der Waals surface area contributed by atoms with Crippen molar-refractivity contribution >= 4 is 19.9 Å². The molecule has 0 unspecified atom stereocenters. The minimum Gasteiger partial charge on any atom is -0.316 e. The van der Waals surface area contributed by atoms with Crippen molar-refractivity contribution in [3.63, 3.8) is 0 Å². The highest BCUT2D eigenvalue weighted by molar-refractivity contribution is 8.11. The lowest BCUT2D eigenvalue weighted by molar-refractivity contribution is 0.0879. The third kappa shape index (κ3) is 1.83. The Morgan fingerprint density at radius 2 is 1.77 bits per heavy atom. The Balaban J connectivity index is 1.96. The number of piperidine rings is 1. The molecule has 4 nitrogen and oxygen atoms in total. The molecule has 0 bridgehead atoms. The van der Waals surface area contributed by atoms with Crippen LogP contribution < -0.4 is 5.32 Å². The molecule has 1 N–H and O–H groups in total. The zero-order valence-corrected chi connectivity index (χ0v) is 8.86. The summed E-state index contributed by atoms with van der Waals surface area (Å²) in [5.74, 6) is 0. The van der Waals surface area contributed by atoms with Gasteiger partial charge in [0.1, 0.15) is 0 Å². The van der Waals surface area contributed by atoms with E-state index in [4.69, 9.17) is 10.7 Å². The second-order valence-electron chi connectivity index (χ2n) is 3.94. The minimum atomic E-state index is -3.48. The van der Waals surface area contributed by atoms with E-state index in [2.05, 4.69) is 5.32 Å². The van der Waals surface area contributed by atoms with E-state index < -0.39 is 9.24 Å². The predicted octanol–water partition coefficient (Wildman–Crippen LogP) is 0.155. The fourth-order valence-corrected chi connectivity index (χ4v) is 3.04. The SMILES string of the molecule is O=S(=O)(Cl)N1CCC2(CC1)CNC2. The van der Waals surface area contributed by atoms with Crippen LogP contribution in [-0.4, -0.2) is 38.9 Å². The van der Waals surface area contributed by atoms with Gasteiger partial charge in [0.05, 0.1) is 0 Å². The molecule has 6 heteroatoms. The number of hydrogen-bond donors (Lipinski definition) is 1. The summed E-state index contributed by atoms with van der Waals surface area (Å²) >= 11 is 0. The summed E-state index contributed by atoms with van der Waals surface area (Å²) in [6.45, 7) is 3.22. The summed E-state index contributed by atoms with van der Waals surface area (Å²) < 4.78 is 23.3. The summed E-state index contributed by atoms with van der Waals surface area (Å²) in [6, 6.07) is 0. The molecular weight excluding hydrogens is 212 g/mol. The molecule has 76 valence electrons. The van der Waals surface area contributed by atoms with E-state index in [1.807, 2.05) is 0 Å². The highest BCUT2D eigenvalue weighted by Gasteiger charge is 2.41. The molecule has 0 atom stereocenters. The van der Waals surface area contributed by atoms with Gasteiger partial charge < -0.3 is 5.32 Å². The van der Waals surface area contributed by atoms with Gasteiger partial charge in [-0.15, -0.1) is 0 Å². The molecule has 2 fully saturated rings. The molecule has 0 aromatic heterocycles. The first-order valence-corrected chi connectivity index (χ1v) is 6.69. The van der Waals surface area contributed by atoms with Crippen LogP contribution in [0.25, 0.3) is 0 Å². The summed E-state index contributed by atoms with van der Waals surface area (Å²) in [4.78, 5) is 0. The van der Waals surface area contributed by atoms with Crippen LogP contribution in [-0.2, 0) is 9.24 Å². The number of nitrogens with one attached hydrogen (secondary N) is 1. The van der Waals surface area contributed by atoms with Gasteiger partial charge in [0.2, 0.25) is 0 Å². The van der Waals surface area contributed by atoms with Gasteiger partial charge in [-0.25, -0.2) is 0 Å². The number of nitrogens with zero attached hydrogens (tertiary/aromatic N) is 1. The molecule has 0 amide bonds. The third-order valence-electron chi connectivity index (χ3n) is 3.09. The minimum absolute atomic E-state index is 0.373. The molecule has 0 aliphatic carbocycles. The van der Waals surface area contributed by atoms with Crippen LogP contribution in [0.1, 0.15) is 12.8 Å². The Labute approximate surface area is 82.8 Å². The lowest BCUT2D eigenvalue weighted by Gasteiger charge is -2.47. The first-order chi connectivity index (χ1) is 6.02. The Morgan fingerprint density at radius 3 is 2.08 bits per heavy atom. The standard InChI is InChI=1S/C7H13ClN2O2S/c8-13(11,12)10-3-1-7(2-4-10)5-9-6-7/h9H,1-6H2. The Bertz CT molecular complexity index is 290. The maximum atomic E-state index is 11.0. The molecule has 2 rings (SSSR count). The molecule has 13 heavy (non-hydrogen) atoms. The number of halogens is 1. The Hall–Kier alpha value is 0.160. The molecule has 0 saturated carbocycles. The average Bonchev–Trinajstić information content (AvgIpc) is 2.00. The van der Waals surface area contributed by atoms with Gasteiger partial charge >= 0.3 is 0 Å². The van der Waals surface area contributed by atoms with Gasteiger partial charge in [-0.3, -0.25) is 0 Å². The number of hydrogen-bond acceptors (Lipinski definition) is 3. The van der Waals surface area contributed by atoms with Gasteiger partial charge in [0.25, 0.3) is 9.24 Å². The summed E-state index contributed by atoms with van der Waals surface area (Å²) in [5, 5.41) is 3.22. The van der Waals surface area contributed by atoms with Gasteiger partial charge in [0, 0.05) is 36.9 Å². The maximum Gasteiger partial charge on any atom is 0.299 e. The molecular formula is C7H13ClN2O2S. The van der Waals surface area contributed by atoms with E-state index in [1.54, 1.807) is 0 Å². The van der Waals surface area contributed by atoms with E-state index in [0.717, 1.165) is 25.9 Å². The Kier molecular flexibility index (Phi) is 2.30. The van der Waals surface area contributed by atoms with E-state index in [9.17, 15) is 8.42 Å². The van der Waals surface area contributed by atoms with Crippen molar-refractivity contribution in [2.45, 2.75) is 12.8 Å². The van der Waals surface area contributed by atoms with Gasteiger partial charge in [-0.2, -0.15) is 12.7 Å². The molecule has 1 spiro atoms. The normalized spacial score (nSPS) is 28.7. The first-order valence-electron chi connectivity index (χ1n) is 4.42. The smallest absolute Gasteiger partial charge is 0.299 e. The second-order valence-corrected chi connectivity index (χ2v) is 6.46. The van der Waals surface area contributed by atoms with Crippen LogP contribution in [0.4, 0.5) is 0 Å². The number of rotatable bonds is 1. The fraction of sp³-hybridized carbons (Fsp3) is 1.00. The van der Waals surface area contributed by atoms with Crippen LogP contribution >= 0.6 is 10.7 Å². The second kappa shape index (κ2) is 3.08. The van der Waals surface area contributed by atoms with E-state index in [0.29, 0.717) is 18.5 Å². The van der Waals surface area contributed by atoms with Crippen molar-refractivity contribution in [3.8, 4) is 0 Å². The van der Waals surface area contributed by atoms with Crippen LogP contribution in [0.5, 0.6) is 0 Å². The fourth-order valence-electron chi connectivity index (χ4n) is 2.01. The topological polar surface area (TPSA) is 49.4 Å². The van der Waals surface area contributed by atoms with E-state index in [1.165, 1.54) is 4.31 Å². The summed E-state index contributed by atoms with van der Waals surface area (Å²) in [7, 11) is 1.77. The van der Waals surface area contributed by atoms with Crippen molar-refractivity contribution in [2.24, 2.45) is 5.41 Å². The van der Waals surface area contributed by atoms with Crippen molar-refractivity contribution in [3.05, 3.63) is 0 Å².